The van der Waals surface area contributed by atoms with E-state index in [0.717, 1.165) is 18.8 Å². The van der Waals surface area contributed by atoms with Crippen molar-refractivity contribution in [2.45, 2.75) is 26.3 Å². The van der Waals surface area contributed by atoms with Crippen molar-refractivity contribution in [1.82, 2.24) is 9.97 Å². The number of methoxy groups -OCH3 is 1. The summed E-state index contributed by atoms with van der Waals surface area (Å²) in [6, 6.07) is 0.382. The van der Waals surface area contributed by atoms with Crippen LogP contribution in [0, 0.1) is 0 Å². The van der Waals surface area contributed by atoms with Crippen molar-refractivity contribution in [2.75, 3.05) is 30.9 Å². The lowest BCUT2D eigenvalue weighted by Crippen LogP contribution is -2.36. The van der Waals surface area contributed by atoms with Gasteiger partial charge in [0, 0.05) is 19.7 Å². The lowest BCUT2D eigenvalue weighted by molar-refractivity contribution is 0.203. The third kappa shape index (κ3) is 3.06. The van der Waals surface area contributed by atoms with Gasteiger partial charge in [-0.2, -0.15) is 0 Å². The molecule has 0 aliphatic heterocycles. The van der Waals surface area contributed by atoms with Gasteiger partial charge in [0.1, 0.15) is 6.33 Å². The second-order valence-electron chi connectivity index (χ2n) is 3.75. The number of nitrogens with zero attached hydrogens (tertiary/aromatic N) is 3. The molecule has 0 saturated heterocycles. The van der Waals surface area contributed by atoms with Gasteiger partial charge in [0.25, 0.3) is 0 Å². The summed E-state index contributed by atoms with van der Waals surface area (Å²) in [4.78, 5) is 10.3. The number of nitrogen functional groups attached to an aromatic ring is 1. The van der Waals surface area contributed by atoms with Crippen LogP contribution in [0.25, 0.3) is 0 Å². The Morgan fingerprint density at radius 2 is 2.31 bits per heavy atom. The van der Waals surface area contributed by atoms with Crippen LogP contribution in [0.2, 0.25) is 0 Å². The van der Waals surface area contributed by atoms with Crippen LogP contribution in [0.1, 0.15) is 20.3 Å². The molecule has 0 saturated carbocycles. The number of rotatable bonds is 6. The van der Waals surface area contributed by atoms with E-state index in [2.05, 4.69) is 28.7 Å². The summed E-state index contributed by atoms with van der Waals surface area (Å²) in [5.74, 6) is 0.793. The van der Waals surface area contributed by atoms with Gasteiger partial charge in [0.15, 0.2) is 5.82 Å². The third-order valence-electron chi connectivity index (χ3n) is 2.65. The summed E-state index contributed by atoms with van der Waals surface area (Å²) in [6.07, 6.45) is 4.19. The van der Waals surface area contributed by atoms with Gasteiger partial charge in [-0.3, -0.25) is 0 Å². The highest BCUT2D eigenvalue weighted by molar-refractivity contribution is 5.61. The van der Waals surface area contributed by atoms with E-state index in [1.54, 1.807) is 13.3 Å². The molecule has 0 bridgehead atoms. The first-order valence-electron chi connectivity index (χ1n) is 5.51. The third-order valence-corrected chi connectivity index (χ3v) is 2.65. The van der Waals surface area contributed by atoms with E-state index in [-0.39, 0.29) is 0 Å². The summed E-state index contributed by atoms with van der Waals surface area (Å²) in [6.45, 7) is 5.74. The van der Waals surface area contributed by atoms with Crippen molar-refractivity contribution in [2.24, 2.45) is 0 Å². The molecule has 0 aliphatic carbocycles. The van der Waals surface area contributed by atoms with Gasteiger partial charge in [0.2, 0.25) is 0 Å². The Labute approximate surface area is 96.6 Å². The van der Waals surface area contributed by atoms with Crippen LogP contribution >= 0.6 is 0 Å². The van der Waals surface area contributed by atoms with Gasteiger partial charge in [-0.15, -0.1) is 0 Å². The molecule has 5 nitrogen and oxygen atoms in total. The summed E-state index contributed by atoms with van der Waals surface area (Å²) in [5.41, 5.74) is 6.49. The topological polar surface area (TPSA) is 64.3 Å². The minimum Gasteiger partial charge on any atom is -0.394 e. The molecule has 0 aromatic carbocycles. The Bertz CT molecular complexity index is 319. The van der Waals surface area contributed by atoms with E-state index in [9.17, 15) is 0 Å². The fraction of sp³-hybridized carbons (Fsp3) is 0.636. The first-order chi connectivity index (χ1) is 7.70. The van der Waals surface area contributed by atoms with Gasteiger partial charge < -0.3 is 15.4 Å². The van der Waals surface area contributed by atoms with Crippen molar-refractivity contribution < 1.29 is 4.74 Å². The van der Waals surface area contributed by atoms with Crippen LogP contribution in [0.3, 0.4) is 0 Å². The first kappa shape index (κ1) is 12.7. The molecule has 1 rings (SSSR count). The van der Waals surface area contributed by atoms with Crippen molar-refractivity contribution in [1.29, 1.82) is 0 Å². The highest BCUT2D eigenvalue weighted by atomic mass is 16.5. The zero-order chi connectivity index (χ0) is 12.0. The smallest absolute Gasteiger partial charge is 0.155 e. The van der Waals surface area contributed by atoms with E-state index >= 15 is 0 Å². The second-order valence-corrected chi connectivity index (χ2v) is 3.75. The predicted molar refractivity (Wildman–Crippen MR) is 65.4 cm³/mol. The standard InChI is InChI=1S/C11H20N4O/c1-4-9(2)15(5-6-16-3)11-10(12)7-13-8-14-11/h7-9H,4-6,12H2,1-3H3. The Balaban J connectivity index is 2.87. The molecule has 1 aromatic heterocycles. The summed E-state index contributed by atoms with van der Waals surface area (Å²) < 4.78 is 5.10. The van der Waals surface area contributed by atoms with E-state index in [1.807, 2.05) is 0 Å². The Hall–Kier alpha value is -1.36. The van der Waals surface area contributed by atoms with E-state index < -0.39 is 0 Å². The minimum absolute atomic E-state index is 0.382. The highest BCUT2D eigenvalue weighted by Gasteiger charge is 2.16. The van der Waals surface area contributed by atoms with Crippen LogP contribution < -0.4 is 10.6 Å². The molecule has 1 heterocycles. The molecule has 0 radical (unpaired) electrons. The zero-order valence-corrected chi connectivity index (χ0v) is 10.2. The average Bonchev–Trinajstić information content (AvgIpc) is 2.31. The number of aromatic nitrogens is 2. The van der Waals surface area contributed by atoms with Gasteiger partial charge >= 0.3 is 0 Å². The maximum absolute atomic E-state index is 5.88. The molecule has 2 N–H and O–H groups in total. The molecule has 0 aliphatic rings. The van der Waals surface area contributed by atoms with Crippen LogP contribution in [0.15, 0.2) is 12.5 Å². The molecule has 0 spiro atoms. The number of nitrogens with two attached hydrogens (primary N) is 1. The average molecular weight is 224 g/mol. The lowest BCUT2D eigenvalue weighted by Gasteiger charge is -2.30. The number of anilines is 2. The maximum atomic E-state index is 5.88. The molecule has 1 unspecified atom stereocenters. The summed E-state index contributed by atoms with van der Waals surface area (Å²) >= 11 is 0. The van der Waals surface area contributed by atoms with Crippen molar-refractivity contribution in [3.8, 4) is 0 Å². The highest BCUT2D eigenvalue weighted by Crippen LogP contribution is 2.21. The summed E-state index contributed by atoms with van der Waals surface area (Å²) in [7, 11) is 1.69. The fourth-order valence-corrected chi connectivity index (χ4v) is 1.52. The van der Waals surface area contributed by atoms with E-state index in [0.29, 0.717) is 18.3 Å². The largest absolute Gasteiger partial charge is 0.394 e. The Morgan fingerprint density at radius 1 is 1.56 bits per heavy atom. The SMILES string of the molecule is CCC(C)N(CCOC)c1ncncc1N. The molecular weight excluding hydrogens is 204 g/mol. The van der Waals surface area contributed by atoms with Gasteiger partial charge in [-0.1, -0.05) is 6.92 Å². The van der Waals surface area contributed by atoms with Crippen molar-refractivity contribution in [3.63, 3.8) is 0 Å². The molecule has 1 atom stereocenters. The first-order valence-corrected chi connectivity index (χ1v) is 5.51. The monoisotopic (exact) mass is 224 g/mol. The number of ether oxygens (including phenoxy) is 1. The van der Waals surface area contributed by atoms with Gasteiger partial charge in [-0.25, -0.2) is 9.97 Å². The maximum Gasteiger partial charge on any atom is 0.155 e. The van der Waals surface area contributed by atoms with E-state index in [4.69, 9.17) is 10.5 Å². The zero-order valence-electron chi connectivity index (χ0n) is 10.2. The predicted octanol–water partition coefficient (Wildman–Crippen LogP) is 1.31. The minimum atomic E-state index is 0.382. The van der Waals surface area contributed by atoms with Crippen LogP contribution in [0.5, 0.6) is 0 Å². The molecular formula is C11H20N4O. The van der Waals surface area contributed by atoms with E-state index in [1.165, 1.54) is 6.33 Å². The fourth-order valence-electron chi connectivity index (χ4n) is 1.52. The normalized spacial score (nSPS) is 12.4. The van der Waals surface area contributed by atoms with Crippen LogP contribution in [-0.2, 0) is 4.74 Å². The molecule has 0 fully saturated rings. The van der Waals surface area contributed by atoms with Crippen molar-refractivity contribution in [3.05, 3.63) is 12.5 Å². The Kier molecular flexibility index (Phi) is 4.98. The lowest BCUT2D eigenvalue weighted by atomic mass is 10.2. The molecule has 5 heteroatoms. The number of hydrogen-bond acceptors (Lipinski definition) is 5. The molecule has 90 valence electrons. The molecule has 0 amide bonds. The van der Waals surface area contributed by atoms with Gasteiger partial charge in [-0.05, 0) is 13.3 Å². The number of hydrogen-bond donors (Lipinski definition) is 1. The van der Waals surface area contributed by atoms with Crippen LogP contribution in [-0.4, -0.2) is 36.3 Å². The van der Waals surface area contributed by atoms with Crippen LogP contribution in [0.4, 0.5) is 11.5 Å². The molecule has 1 aromatic rings. The Morgan fingerprint density at radius 3 is 2.88 bits per heavy atom. The molecule has 16 heavy (non-hydrogen) atoms. The second kappa shape index (κ2) is 6.27. The summed E-state index contributed by atoms with van der Waals surface area (Å²) in [5, 5.41) is 0. The van der Waals surface area contributed by atoms with Gasteiger partial charge in [0.05, 0.1) is 18.5 Å². The van der Waals surface area contributed by atoms with Crippen molar-refractivity contribution >= 4 is 11.5 Å². The quantitative estimate of drug-likeness (QED) is 0.789.